The summed E-state index contributed by atoms with van der Waals surface area (Å²) in [6.45, 7) is 4.60. The number of hydrogen-bond acceptors (Lipinski definition) is 6. The van der Waals surface area contributed by atoms with Gasteiger partial charge in [-0.25, -0.2) is 0 Å². The van der Waals surface area contributed by atoms with Gasteiger partial charge in [-0.2, -0.15) is 20.0 Å². The topological polar surface area (TPSA) is 89.9 Å². The molecule has 3 heterocycles. The Morgan fingerprint density at radius 1 is 1.12 bits per heavy atom. The van der Waals surface area contributed by atoms with Crippen LogP contribution in [0.3, 0.4) is 0 Å². The second-order valence-corrected chi connectivity index (χ2v) is 8.27. The van der Waals surface area contributed by atoms with Gasteiger partial charge in [0, 0.05) is 12.1 Å². The number of likely N-dealkylation sites (tertiary alicyclic amines) is 1. The zero-order valence-electron chi connectivity index (χ0n) is 17.7. The van der Waals surface area contributed by atoms with Crippen LogP contribution in [0.25, 0.3) is 17.1 Å². The second kappa shape index (κ2) is 8.20. The van der Waals surface area contributed by atoms with Crippen molar-refractivity contribution >= 4 is 17.5 Å². The van der Waals surface area contributed by atoms with Gasteiger partial charge in [0.15, 0.2) is 0 Å². The summed E-state index contributed by atoms with van der Waals surface area (Å²) >= 11 is 6.28. The van der Waals surface area contributed by atoms with Gasteiger partial charge in [0.25, 0.3) is 5.91 Å². The molecule has 0 radical (unpaired) electrons. The highest BCUT2D eigenvalue weighted by atomic mass is 35.5. The lowest BCUT2D eigenvalue weighted by Gasteiger charge is -2.23. The van der Waals surface area contributed by atoms with E-state index >= 15 is 0 Å². The van der Waals surface area contributed by atoms with Gasteiger partial charge in [-0.15, -0.1) is 0 Å². The molecule has 8 nitrogen and oxygen atoms in total. The number of carbonyl (C=O) groups excluding carboxylic acids is 1. The van der Waals surface area contributed by atoms with Crippen molar-refractivity contribution < 1.29 is 9.32 Å². The van der Waals surface area contributed by atoms with Crippen LogP contribution < -0.4 is 0 Å². The molecule has 0 aliphatic carbocycles. The zero-order valence-corrected chi connectivity index (χ0v) is 18.5. The van der Waals surface area contributed by atoms with Crippen LogP contribution in [-0.4, -0.2) is 42.5 Å². The lowest BCUT2D eigenvalue weighted by Crippen LogP contribution is -2.32. The SMILES string of the molecule is Cc1cc(C(=O)N2CCC[C@H]2c2nc(-c3ccccc3Cl)no2)c(-n2nccn2)cc1C. The molecule has 0 spiro atoms. The first-order valence-electron chi connectivity index (χ1n) is 10.4. The Bertz CT molecular complexity index is 1280. The number of halogens is 1. The number of nitrogens with zero attached hydrogens (tertiary/aromatic N) is 6. The Labute approximate surface area is 189 Å². The Balaban J connectivity index is 1.49. The molecular weight excluding hydrogens is 428 g/mol. The van der Waals surface area contributed by atoms with Gasteiger partial charge in [0.05, 0.1) is 28.7 Å². The Kier molecular flexibility index (Phi) is 5.22. The van der Waals surface area contributed by atoms with E-state index in [4.69, 9.17) is 16.1 Å². The molecule has 0 N–H and O–H groups in total. The molecule has 9 heteroatoms. The number of hydrogen-bond donors (Lipinski definition) is 0. The summed E-state index contributed by atoms with van der Waals surface area (Å²) in [7, 11) is 0. The molecule has 1 atom stereocenters. The largest absolute Gasteiger partial charge is 0.337 e. The van der Waals surface area contributed by atoms with E-state index in [-0.39, 0.29) is 11.9 Å². The average molecular weight is 449 g/mol. The van der Waals surface area contributed by atoms with E-state index in [1.54, 1.807) is 23.4 Å². The monoisotopic (exact) mass is 448 g/mol. The quantitative estimate of drug-likeness (QED) is 0.454. The number of amides is 1. The van der Waals surface area contributed by atoms with Gasteiger partial charge in [-0.3, -0.25) is 4.79 Å². The number of rotatable bonds is 4. The average Bonchev–Trinajstić information content (AvgIpc) is 3.56. The number of aromatic nitrogens is 5. The fourth-order valence-corrected chi connectivity index (χ4v) is 4.24. The van der Waals surface area contributed by atoms with E-state index in [1.807, 2.05) is 44.2 Å². The Morgan fingerprint density at radius 3 is 2.66 bits per heavy atom. The van der Waals surface area contributed by atoms with Crippen LogP contribution in [0, 0.1) is 13.8 Å². The second-order valence-electron chi connectivity index (χ2n) is 7.86. The summed E-state index contributed by atoms with van der Waals surface area (Å²) < 4.78 is 5.58. The maximum absolute atomic E-state index is 13.7. The summed E-state index contributed by atoms with van der Waals surface area (Å²) in [5, 5.41) is 13.1. The molecule has 32 heavy (non-hydrogen) atoms. The summed E-state index contributed by atoms with van der Waals surface area (Å²) in [5.41, 5.74) is 3.98. The van der Waals surface area contributed by atoms with Gasteiger partial charge >= 0.3 is 0 Å². The fraction of sp³-hybridized carbons (Fsp3) is 0.261. The molecule has 5 rings (SSSR count). The van der Waals surface area contributed by atoms with Gasteiger partial charge in [-0.05, 0) is 62.1 Å². The summed E-state index contributed by atoms with van der Waals surface area (Å²) in [5.74, 6) is 0.714. The number of carbonyl (C=O) groups is 1. The van der Waals surface area contributed by atoms with E-state index in [1.165, 1.54) is 4.80 Å². The van der Waals surface area contributed by atoms with E-state index in [2.05, 4.69) is 20.3 Å². The molecule has 1 saturated heterocycles. The Hall–Kier alpha value is -3.52. The van der Waals surface area contributed by atoms with Crippen molar-refractivity contribution in [1.29, 1.82) is 0 Å². The molecule has 2 aromatic heterocycles. The number of aryl methyl sites for hydroxylation is 2. The first-order chi connectivity index (χ1) is 15.5. The lowest BCUT2D eigenvalue weighted by molar-refractivity contribution is 0.0709. The maximum Gasteiger partial charge on any atom is 0.256 e. The summed E-state index contributed by atoms with van der Waals surface area (Å²) in [4.78, 5) is 21.5. The fourth-order valence-electron chi connectivity index (χ4n) is 4.02. The van der Waals surface area contributed by atoms with Crippen molar-refractivity contribution in [2.45, 2.75) is 32.7 Å². The van der Waals surface area contributed by atoms with Crippen molar-refractivity contribution in [2.75, 3.05) is 6.54 Å². The molecule has 2 aromatic carbocycles. The highest BCUT2D eigenvalue weighted by molar-refractivity contribution is 6.33. The molecule has 0 saturated carbocycles. The third kappa shape index (κ3) is 3.56. The maximum atomic E-state index is 13.7. The molecule has 162 valence electrons. The highest BCUT2D eigenvalue weighted by Gasteiger charge is 2.36. The van der Waals surface area contributed by atoms with Crippen molar-refractivity contribution in [3.63, 3.8) is 0 Å². The predicted molar refractivity (Wildman–Crippen MR) is 119 cm³/mol. The number of benzene rings is 2. The van der Waals surface area contributed by atoms with Crippen LogP contribution in [-0.2, 0) is 0 Å². The molecule has 4 aromatic rings. The summed E-state index contributed by atoms with van der Waals surface area (Å²) in [6, 6.07) is 10.9. The van der Waals surface area contributed by atoms with Crippen LogP contribution in [0.5, 0.6) is 0 Å². The van der Waals surface area contributed by atoms with Gasteiger partial charge < -0.3 is 9.42 Å². The van der Waals surface area contributed by atoms with Crippen LogP contribution in [0.15, 0.2) is 53.3 Å². The molecule has 1 aliphatic rings. The normalized spacial score (nSPS) is 16.0. The minimum Gasteiger partial charge on any atom is -0.337 e. The van der Waals surface area contributed by atoms with E-state index in [9.17, 15) is 4.79 Å². The van der Waals surface area contributed by atoms with E-state index < -0.39 is 0 Å². The standard InChI is InChI=1S/C23H21ClN6O2/c1-14-12-17(20(13-15(14)2)30-25-9-10-26-30)23(31)29-11-5-8-19(29)22-27-21(28-32-22)16-6-3-4-7-18(16)24/h3-4,6-7,9-10,12-13,19H,5,8,11H2,1-2H3/t19-/m0/s1. The lowest BCUT2D eigenvalue weighted by atomic mass is 10.0. The molecule has 0 bridgehead atoms. The molecule has 1 aliphatic heterocycles. The smallest absolute Gasteiger partial charge is 0.256 e. The minimum absolute atomic E-state index is 0.111. The van der Waals surface area contributed by atoms with E-state index in [0.29, 0.717) is 40.1 Å². The molecule has 1 amide bonds. The van der Waals surface area contributed by atoms with Gasteiger partial charge in [0.1, 0.15) is 6.04 Å². The highest BCUT2D eigenvalue weighted by Crippen LogP contribution is 2.35. The predicted octanol–water partition coefficient (Wildman–Crippen LogP) is 4.56. The van der Waals surface area contributed by atoms with Gasteiger partial charge in [-0.1, -0.05) is 28.9 Å². The van der Waals surface area contributed by atoms with E-state index in [0.717, 1.165) is 24.0 Å². The van der Waals surface area contributed by atoms with Gasteiger partial charge in [0.2, 0.25) is 11.7 Å². The Morgan fingerprint density at radius 2 is 1.88 bits per heavy atom. The first kappa shape index (κ1) is 20.4. The third-order valence-electron chi connectivity index (χ3n) is 5.83. The van der Waals surface area contributed by atoms with Crippen molar-refractivity contribution in [1.82, 2.24) is 30.0 Å². The summed E-state index contributed by atoms with van der Waals surface area (Å²) in [6.07, 6.45) is 4.78. The first-order valence-corrected chi connectivity index (χ1v) is 10.8. The molecular formula is C23H21ClN6O2. The van der Waals surface area contributed by atoms with Crippen molar-refractivity contribution in [3.8, 4) is 17.1 Å². The van der Waals surface area contributed by atoms with Crippen molar-refractivity contribution in [2.24, 2.45) is 0 Å². The van der Waals surface area contributed by atoms with Crippen LogP contribution in [0.1, 0.15) is 46.3 Å². The molecule has 1 fully saturated rings. The van der Waals surface area contributed by atoms with Crippen molar-refractivity contribution in [3.05, 3.63) is 76.4 Å². The zero-order chi connectivity index (χ0) is 22.2. The molecule has 0 unspecified atom stereocenters. The van der Waals surface area contributed by atoms with Crippen LogP contribution >= 0.6 is 11.6 Å². The van der Waals surface area contributed by atoms with Crippen LogP contribution in [0.4, 0.5) is 0 Å². The van der Waals surface area contributed by atoms with Crippen LogP contribution in [0.2, 0.25) is 5.02 Å². The third-order valence-corrected chi connectivity index (χ3v) is 6.16. The minimum atomic E-state index is -0.300.